The summed E-state index contributed by atoms with van der Waals surface area (Å²) < 4.78 is 40.2. The van der Waals surface area contributed by atoms with Gasteiger partial charge in [0.15, 0.2) is 0 Å². The zero-order chi connectivity index (χ0) is 25.7. The third-order valence-corrected chi connectivity index (χ3v) is 6.24. The lowest BCUT2D eigenvalue weighted by Crippen LogP contribution is -2.29. The monoisotopic (exact) mass is 495 g/mol. The lowest BCUT2D eigenvalue weighted by molar-refractivity contribution is -0.144. The van der Waals surface area contributed by atoms with Gasteiger partial charge in [-0.15, -0.1) is 5.10 Å². The molecule has 0 radical (unpaired) electrons. The Kier molecular flexibility index (Phi) is 7.67. The number of benzene rings is 2. The zero-order valence-electron chi connectivity index (χ0n) is 20.2. The smallest absolute Gasteiger partial charge is 0.349 e. The molecule has 4 aromatic rings. The lowest BCUT2D eigenvalue weighted by atomic mass is 9.98. The van der Waals surface area contributed by atoms with Gasteiger partial charge in [0.1, 0.15) is 0 Å². The van der Waals surface area contributed by atoms with Crippen LogP contribution in [0.5, 0.6) is 0 Å². The van der Waals surface area contributed by atoms with E-state index in [1.807, 2.05) is 48.5 Å². The first-order valence-corrected chi connectivity index (χ1v) is 11.9. The number of aromatic nitrogens is 4. The largest absolute Gasteiger partial charge is 0.453 e. The molecule has 1 unspecified atom stereocenters. The summed E-state index contributed by atoms with van der Waals surface area (Å²) in [6, 6.07) is 19.9. The van der Waals surface area contributed by atoms with Crippen molar-refractivity contribution < 1.29 is 18.0 Å². The molecule has 0 bridgehead atoms. The molecule has 0 aliphatic carbocycles. The highest BCUT2D eigenvalue weighted by Gasteiger charge is 2.37. The highest BCUT2D eigenvalue weighted by Crippen LogP contribution is 2.27. The predicted octanol–water partition coefficient (Wildman–Crippen LogP) is 5.57. The van der Waals surface area contributed by atoms with Crippen LogP contribution in [0.1, 0.15) is 59.2 Å². The Morgan fingerprint density at radius 2 is 1.64 bits per heavy atom. The van der Waals surface area contributed by atoms with Crippen molar-refractivity contribution in [2.75, 3.05) is 0 Å². The minimum absolute atomic E-state index is 0.104. The van der Waals surface area contributed by atoms with Gasteiger partial charge in [0.2, 0.25) is 5.91 Å². The quantitative estimate of drug-likeness (QED) is 0.329. The van der Waals surface area contributed by atoms with Crippen molar-refractivity contribution in [1.82, 2.24) is 24.9 Å². The van der Waals surface area contributed by atoms with Crippen LogP contribution in [0, 0.1) is 13.8 Å². The van der Waals surface area contributed by atoms with Gasteiger partial charge in [-0.1, -0.05) is 60.7 Å². The van der Waals surface area contributed by atoms with Gasteiger partial charge < -0.3 is 5.32 Å². The van der Waals surface area contributed by atoms with Crippen LogP contribution in [0.4, 0.5) is 13.2 Å². The van der Waals surface area contributed by atoms with Gasteiger partial charge in [-0.25, -0.2) is 9.50 Å². The minimum Gasteiger partial charge on any atom is -0.349 e. The standard InChI is InChI=1S/C27H28F3N5O/c1-18-22(19(2)35-26(31-18)33-25(34-35)27(28,29)30)16-17-24(36)32-23(21-13-7-4-8-14-21)15-9-12-20-10-5-3-6-11-20/h3-8,10-11,13-14,23H,9,12,15-17H2,1-2H3,(H,32,36). The summed E-state index contributed by atoms with van der Waals surface area (Å²) in [6.45, 7) is 3.37. The number of alkyl halides is 3. The van der Waals surface area contributed by atoms with Crippen LogP contribution < -0.4 is 5.32 Å². The molecule has 6 nitrogen and oxygen atoms in total. The molecule has 4 rings (SSSR count). The van der Waals surface area contributed by atoms with E-state index in [4.69, 9.17) is 0 Å². The van der Waals surface area contributed by atoms with Crippen molar-refractivity contribution in [2.24, 2.45) is 0 Å². The summed E-state index contributed by atoms with van der Waals surface area (Å²) in [5.41, 5.74) is 4.02. The molecular weight excluding hydrogens is 467 g/mol. The summed E-state index contributed by atoms with van der Waals surface area (Å²) in [7, 11) is 0. The second-order valence-corrected chi connectivity index (χ2v) is 8.81. The summed E-state index contributed by atoms with van der Waals surface area (Å²) >= 11 is 0. The van der Waals surface area contributed by atoms with Gasteiger partial charge in [-0.2, -0.15) is 18.2 Å². The van der Waals surface area contributed by atoms with Crippen LogP contribution >= 0.6 is 0 Å². The zero-order valence-corrected chi connectivity index (χ0v) is 20.2. The molecule has 0 saturated heterocycles. The van der Waals surface area contributed by atoms with Gasteiger partial charge in [0.25, 0.3) is 11.6 Å². The second-order valence-electron chi connectivity index (χ2n) is 8.81. The van der Waals surface area contributed by atoms with Crippen molar-refractivity contribution in [1.29, 1.82) is 0 Å². The maximum atomic E-state index is 13.0. The normalized spacial score (nSPS) is 12.6. The first-order chi connectivity index (χ1) is 17.2. The van der Waals surface area contributed by atoms with E-state index in [-0.39, 0.29) is 24.1 Å². The fourth-order valence-corrected chi connectivity index (χ4v) is 4.36. The van der Waals surface area contributed by atoms with Gasteiger partial charge in [0.05, 0.1) is 6.04 Å². The molecule has 9 heteroatoms. The fourth-order valence-electron chi connectivity index (χ4n) is 4.36. The van der Waals surface area contributed by atoms with E-state index in [9.17, 15) is 18.0 Å². The molecule has 2 aromatic carbocycles. The molecule has 2 aromatic heterocycles. The fraction of sp³-hybridized carbons (Fsp3) is 0.333. The molecule has 36 heavy (non-hydrogen) atoms. The molecule has 0 aliphatic rings. The second kappa shape index (κ2) is 10.9. The van der Waals surface area contributed by atoms with E-state index < -0.39 is 12.0 Å². The summed E-state index contributed by atoms with van der Waals surface area (Å²) in [4.78, 5) is 20.6. The molecule has 0 saturated carbocycles. The Hall–Kier alpha value is -3.75. The number of rotatable bonds is 9. The first-order valence-electron chi connectivity index (χ1n) is 11.9. The number of amides is 1. The van der Waals surface area contributed by atoms with Gasteiger partial charge in [0, 0.05) is 17.8 Å². The van der Waals surface area contributed by atoms with E-state index >= 15 is 0 Å². The Morgan fingerprint density at radius 3 is 2.31 bits per heavy atom. The molecule has 0 fully saturated rings. The number of nitrogens with one attached hydrogen (secondary N) is 1. The van der Waals surface area contributed by atoms with Crippen molar-refractivity contribution in [3.63, 3.8) is 0 Å². The Bertz CT molecular complexity index is 1320. The summed E-state index contributed by atoms with van der Waals surface area (Å²) in [5.74, 6) is -1.46. The number of nitrogens with zero attached hydrogens (tertiary/aromatic N) is 4. The van der Waals surface area contributed by atoms with E-state index in [0.717, 1.165) is 29.3 Å². The maximum absolute atomic E-state index is 13.0. The molecule has 188 valence electrons. The number of halogens is 3. The molecule has 0 aliphatic heterocycles. The van der Waals surface area contributed by atoms with Crippen LogP contribution in [-0.2, 0) is 23.8 Å². The van der Waals surface area contributed by atoms with Crippen LogP contribution in [-0.4, -0.2) is 25.5 Å². The van der Waals surface area contributed by atoms with Gasteiger partial charge in [-0.3, -0.25) is 4.79 Å². The topological polar surface area (TPSA) is 72.2 Å². The van der Waals surface area contributed by atoms with Crippen molar-refractivity contribution in [3.05, 3.63) is 94.6 Å². The van der Waals surface area contributed by atoms with E-state index in [1.54, 1.807) is 13.8 Å². The maximum Gasteiger partial charge on any atom is 0.453 e. The van der Waals surface area contributed by atoms with E-state index in [2.05, 4.69) is 32.5 Å². The number of fused-ring (bicyclic) bond motifs is 1. The SMILES string of the molecule is Cc1nc2nc(C(F)(F)F)nn2c(C)c1CCC(=O)NC(CCCc1ccccc1)c1ccccc1. The summed E-state index contributed by atoms with van der Waals surface area (Å²) in [6.07, 6.45) is -1.52. The first kappa shape index (κ1) is 25.3. The molecule has 1 N–H and O–H groups in total. The van der Waals surface area contributed by atoms with Crippen LogP contribution in [0.2, 0.25) is 0 Å². The number of aryl methyl sites for hydroxylation is 3. The Labute approximate surface area is 207 Å². The van der Waals surface area contributed by atoms with Crippen LogP contribution in [0.3, 0.4) is 0 Å². The van der Waals surface area contributed by atoms with Crippen molar-refractivity contribution in [2.45, 2.75) is 58.2 Å². The predicted molar refractivity (Wildman–Crippen MR) is 130 cm³/mol. The number of carbonyl (C=O) groups excluding carboxylic acids is 1. The third-order valence-electron chi connectivity index (χ3n) is 6.24. The van der Waals surface area contributed by atoms with Gasteiger partial charge in [-0.05, 0) is 56.2 Å². The Morgan fingerprint density at radius 1 is 0.972 bits per heavy atom. The van der Waals surface area contributed by atoms with Crippen molar-refractivity contribution in [3.8, 4) is 0 Å². The average molecular weight is 496 g/mol. The van der Waals surface area contributed by atoms with Crippen molar-refractivity contribution >= 4 is 11.7 Å². The number of hydrogen-bond acceptors (Lipinski definition) is 4. The molecule has 1 amide bonds. The van der Waals surface area contributed by atoms with E-state index in [0.29, 0.717) is 23.4 Å². The molecule has 0 spiro atoms. The highest BCUT2D eigenvalue weighted by molar-refractivity contribution is 5.76. The highest BCUT2D eigenvalue weighted by atomic mass is 19.4. The molecule has 2 heterocycles. The molecule has 1 atom stereocenters. The van der Waals surface area contributed by atoms with Crippen LogP contribution in [0.15, 0.2) is 60.7 Å². The molecular formula is C27H28F3N5O. The number of carbonyl (C=O) groups is 1. The number of hydrogen-bond donors (Lipinski definition) is 1. The van der Waals surface area contributed by atoms with Crippen LogP contribution in [0.25, 0.3) is 5.78 Å². The van der Waals surface area contributed by atoms with E-state index in [1.165, 1.54) is 5.56 Å². The van der Waals surface area contributed by atoms with Gasteiger partial charge >= 0.3 is 6.18 Å². The third kappa shape index (κ3) is 6.08. The Balaban J connectivity index is 1.43. The minimum atomic E-state index is -4.65. The average Bonchev–Trinajstić information content (AvgIpc) is 3.29. The summed E-state index contributed by atoms with van der Waals surface area (Å²) in [5, 5.41) is 6.72. The lowest BCUT2D eigenvalue weighted by Gasteiger charge is -2.20.